The minimum atomic E-state index is -3.30. The van der Waals surface area contributed by atoms with Gasteiger partial charge in [-0.2, -0.15) is 5.10 Å². The maximum Gasteiger partial charge on any atom is 0.320 e. The van der Waals surface area contributed by atoms with E-state index in [-0.39, 0.29) is 16.3 Å². The SMILES string of the molecule is CS(=O)(=O)c1ccc(-c2ccc(C3CN(C(=O)N4CC5(CC(c6ncn[nH]6)C5)C4)C3)cc2)c(Cl)c1. The molecule has 2 saturated heterocycles. The van der Waals surface area contributed by atoms with Gasteiger partial charge >= 0.3 is 6.03 Å². The number of rotatable bonds is 4. The smallest absolute Gasteiger partial charge is 0.320 e. The van der Waals surface area contributed by atoms with Crippen LogP contribution in [0.2, 0.25) is 5.02 Å². The number of likely N-dealkylation sites (tertiary alicyclic amines) is 2. The van der Waals surface area contributed by atoms with Crippen molar-refractivity contribution in [3.05, 3.63) is 65.2 Å². The standard InChI is InChI=1S/C25H26ClN5O3S/c1-35(33,34)20-6-7-21(22(26)8-20)17-4-2-16(3-5-17)19-11-30(12-19)24(32)31-13-25(14-31)9-18(10-25)23-27-15-28-29-23/h2-8,15,18-19H,9-14H2,1H3,(H,27,28,29). The molecule has 2 amide bonds. The summed E-state index contributed by atoms with van der Waals surface area (Å²) in [5.41, 5.74) is 3.19. The van der Waals surface area contributed by atoms with Crippen LogP contribution in [0.5, 0.6) is 0 Å². The Labute approximate surface area is 209 Å². The molecule has 8 nitrogen and oxygen atoms in total. The van der Waals surface area contributed by atoms with E-state index in [2.05, 4.69) is 27.3 Å². The lowest BCUT2D eigenvalue weighted by Crippen LogP contribution is -2.67. The number of nitrogens with zero attached hydrogens (tertiary/aromatic N) is 4. The van der Waals surface area contributed by atoms with Gasteiger partial charge < -0.3 is 9.80 Å². The Hall–Kier alpha value is -2.91. The molecule has 1 spiro atoms. The molecule has 6 rings (SSSR count). The van der Waals surface area contributed by atoms with E-state index in [1.54, 1.807) is 18.5 Å². The van der Waals surface area contributed by atoms with Crippen LogP contribution in [0.15, 0.2) is 53.7 Å². The summed E-state index contributed by atoms with van der Waals surface area (Å²) in [7, 11) is -3.30. The van der Waals surface area contributed by atoms with Gasteiger partial charge in [0.2, 0.25) is 0 Å². The van der Waals surface area contributed by atoms with Crippen molar-refractivity contribution in [2.24, 2.45) is 5.41 Å². The molecule has 0 unspecified atom stereocenters. The van der Waals surface area contributed by atoms with Gasteiger partial charge in [-0.3, -0.25) is 5.10 Å². The Morgan fingerprint density at radius 2 is 1.77 bits per heavy atom. The number of urea groups is 1. The lowest BCUT2D eigenvalue weighted by atomic mass is 9.57. The number of halogens is 1. The van der Waals surface area contributed by atoms with Gasteiger partial charge in [-0.05, 0) is 36.1 Å². The van der Waals surface area contributed by atoms with Gasteiger partial charge in [0.05, 0.1) is 4.90 Å². The quantitative estimate of drug-likeness (QED) is 0.572. The summed E-state index contributed by atoms with van der Waals surface area (Å²) < 4.78 is 23.5. The molecule has 0 bridgehead atoms. The van der Waals surface area contributed by atoms with E-state index in [9.17, 15) is 13.2 Å². The number of hydrogen-bond donors (Lipinski definition) is 1. The summed E-state index contributed by atoms with van der Waals surface area (Å²) >= 11 is 6.36. The average Bonchev–Trinajstić information content (AvgIpc) is 3.25. The van der Waals surface area contributed by atoms with E-state index in [1.165, 1.54) is 17.9 Å². The molecule has 10 heteroatoms. The molecule has 1 aliphatic carbocycles. The zero-order valence-corrected chi connectivity index (χ0v) is 20.9. The highest BCUT2D eigenvalue weighted by molar-refractivity contribution is 7.90. The van der Waals surface area contributed by atoms with Crippen molar-refractivity contribution in [3.8, 4) is 11.1 Å². The van der Waals surface area contributed by atoms with E-state index in [4.69, 9.17) is 11.6 Å². The number of carbonyl (C=O) groups is 1. The van der Waals surface area contributed by atoms with Crippen molar-refractivity contribution in [2.75, 3.05) is 32.4 Å². The van der Waals surface area contributed by atoms with E-state index in [1.807, 2.05) is 21.9 Å². The van der Waals surface area contributed by atoms with Gasteiger partial charge in [0, 0.05) is 60.3 Å². The Morgan fingerprint density at radius 1 is 1.06 bits per heavy atom. The summed E-state index contributed by atoms with van der Waals surface area (Å²) in [6.07, 6.45) is 4.87. The van der Waals surface area contributed by atoms with Gasteiger partial charge in [0.15, 0.2) is 9.84 Å². The Balaban J connectivity index is 1.02. The van der Waals surface area contributed by atoms with Crippen LogP contribution in [0.25, 0.3) is 11.1 Å². The van der Waals surface area contributed by atoms with Crippen molar-refractivity contribution in [1.29, 1.82) is 0 Å². The van der Waals surface area contributed by atoms with Crippen molar-refractivity contribution in [3.63, 3.8) is 0 Å². The molecule has 1 saturated carbocycles. The third-order valence-electron chi connectivity index (χ3n) is 7.72. The first-order chi connectivity index (χ1) is 16.7. The van der Waals surface area contributed by atoms with Crippen molar-refractivity contribution < 1.29 is 13.2 Å². The van der Waals surface area contributed by atoms with Crippen LogP contribution in [-0.4, -0.2) is 71.9 Å². The van der Waals surface area contributed by atoms with Crippen LogP contribution >= 0.6 is 11.6 Å². The second kappa shape index (κ2) is 8.06. The number of benzene rings is 2. The Morgan fingerprint density at radius 3 is 2.37 bits per heavy atom. The maximum atomic E-state index is 12.9. The number of carbonyl (C=O) groups excluding carboxylic acids is 1. The molecule has 0 atom stereocenters. The van der Waals surface area contributed by atoms with Crippen molar-refractivity contribution in [2.45, 2.75) is 29.6 Å². The summed E-state index contributed by atoms with van der Waals surface area (Å²) in [4.78, 5) is 21.2. The van der Waals surface area contributed by atoms with Gasteiger partial charge in [-0.15, -0.1) is 0 Å². The van der Waals surface area contributed by atoms with Crippen LogP contribution < -0.4 is 0 Å². The molecular weight excluding hydrogens is 486 g/mol. The molecule has 3 aromatic rings. The van der Waals surface area contributed by atoms with Gasteiger partial charge in [-0.1, -0.05) is 41.9 Å². The van der Waals surface area contributed by atoms with Crippen LogP contribution in [0.3, 0.4) is 0 Å². The largest absolute Gasteiger partial charge is 0.323 e. The Kier molecular flexibility index (Phi) is 5.19. The third kappa shape index (κ3) is 4.00. The van der Waals surface area contributed by atoms with E-state index in [0.717, 1.165) is 56.0 Å². The molecule has 1 aromatic heterocycles. The van der Waals surface area contributed by atoms with Crippen LogP contribution in [0, 0.1) is 5.41 Å². The number of aromatic amines is 1. The molecule has 182 valence electrons. The fourth-order valence-electron chi connectivity index (χ4n) is 5.69. The summed E-state index contributed by atoms with van der Waals surface area (Å²) in [5, 5.41) is 7.31. The first-order valence-electron chi connectivity index (χ1n) is 11.7. The van der Waals surface area contributed by atoms with E-state index < -0.39 is 9.84 Å². The monoisotopic (exact) mass is 511 g/mol. The molecule has 2 aliphatic heterocycles. The summed E-state index contributed by atoms with van der Waals surface area (Å²) in [6, 6.07) is 13.1. The highest BCUT2D eigenvalue weighted by atomic mass is 35.5. The molecule has 2 aromatic carbocycles. The summed E-state index contributed by atoms with van der Waals surface area (Å²) in [6.45, 7) is 3.13. The molecule has 3 fully saturated rings. The third-order valence-corrected chi connectivity index (χ3v) is 9.14. The Bertz CT molecular complexity index is 1370. The molecular formula is C25H26ClN5O3S. The van der Waals surface area contributed by atoms with Crippen LogP contribution in [0.1, 0.15) is 36.1 Å². The van der Waals surface area contributed by atoms with Gasteiger partial charge in [-0.25, -0.2) is 18.2 Å². The zero-order chi connectivity index (χ0) is 24.4. The minimum absolute atomic E-state index is 0.143. The predicted molar refractivity (Wildman–Crippen MR) is 132 cm³/mol. The zero-order valence-electron chi connectivity index (χ0n) is 19.3. The predicted octanol–water partition coefficient (Wildman–Crippen LogP) is 3.93. The number of hydrogen-bond acceptors (Lipinski definition) is 5. The lowest BCUT2D eigenvalue weighted by Gasteiger charge is -2.59. The second-order valence-corrected chi connectivity index (χ2v) is 12.7. The van der Waals surface area contributed by atoms with Crippen LogP contribution in [0.4, 0.5) is 4.79 Å². The number of amides is 2. The number of H-pyrrole nitrogens is 1. The highest BCUT2D eigenvalue weighted by Crippen LogP contribution is 2.55. The molecule has 3 heterocycles. The first kappa shape index (κ1) is 22.5. The topological polar surface area (TPSA) is 99.3 Å². The van der Waals surface area contributed by atoms with Crippen LogP contribution in [-0.2, 0) is 9.84 Å². The average molecular weight is 512 g/mol. The lowest BCUT2D eigenvalue weighted by molar-refractivity contribution is -0.0601. The maximum absolute atomic E-state index is 12.9. The number of aromatic nitrogens is 3. The fourth-order valence-corrected chi connectivity index (χ4v) is 6.69. The second-order valence-electron chi connectivity index (χ2n) is 10.3. The van der Waals surface area contributed by atoms with Crippen molar-refractivity contribution in [1.82, 2.24) is 25.0 Å². The minimum Gasteiger partial charge on any atom is -0.323 e. The molecule has 0 radical (unpaired) electrons. The van der Waals surface area contributed by atoms with E-state index in [0.29, 0.717) is 16.9 Å². The fraction of sp³-hybridized carbons (Fsp3) is 0.400. The van der Waals surface area contributed by atoms with Gasteiger partial charge in [0.1, 0.15) is 12.2 Å². The highest BCUT2D eigenvalue weighted by Gasteiger charge is 2.55. The number of sulfone groups is 1. The molecule has 1 N–H and O–H groups in total. The normalized spacial score (nSPS) is 19.8. The van der Waals surface area contributed by atoms with Crippen molar-refractivity contribution >= 4 is 27.5 Å². The summed E-state index contributed by atoms with van der Waals surface area (Å²) in [5.74, 6) is 1.73. The van der Waals surface area contributed by atoms with Gasteiger partial charge in [0.25, 0.3) is 0 Å². The molecule has 3 aliphatic rings. The van der Waals surface area contributed by atoms with E-state index >= 15 is 0 Å². The number of nitrogens with one attached hydrogen (secondary N) is 1. The first-order valence-corrected chi connectivity index (χ1v) is 14.0. The molecule has 35 heavy (non-hydrogen) atoms.